The van der Waals surface area contributed by atoms with Crippen molar-refractivity contribution in [3.05, 3.63) is 29.8 Å². The molecule has 1 fully saturated rings. The number of alkyl halides is 1. The SMILES string of the molecule is CC(C)(C)OC(=O)N[C@@H]1CN(C2=Nc3ccccc3C2)CC[C@@H]1F. The topological polar surface area (TPSA) is 53.9 Å². The molecule has 24 heavy (non-hydrogen) atoms. The van der Waals surface area contributed by atoms with Gasteiger partial charge in [-0.3, -0.25) is 0 Å². The van der Waals surface area contributed by atoms with Crippen LogP contribution in [0, 0.1) is 0 Å². The number of piperidine rings is 1. The second kappa shape index (κ2) is 6.42. The number of rotatable bonds is 1. The van der Waals surface area contributed by atoms with E-state index in [1.807, 2.05) is 18.2 Å². The molecule has 0 bridgehead atoms. The van der Waals surface area contributed by atoms with E-state index in [0.29, 0.717) is 19.5 Å². The minimum Gasteiger partial charge on any atom is -0.444 e. The van der Waals surface area contributed by atoms with Gasteiger partial charge < -0.3 is 15.0 Å². The number of carbonyl (C=O) groups is 1. The predicted molar refractivity (Wildman–Crippen MR) is 91.5 cm³/mol. The zero-order valence-corrected chi connectivity index (χ0v) is 14.4. The normalized spacial score (nSPS) is 23.5. The summed E-state index contributed by atoms with van der Waals surface area (Å²) in [6, 6.07) is 7.43. The van der Waals surface area contributed by atoms with Gasteiger partial charge in [0, 0.05) is 19.5 Å². The highest BCUT2D eigenvalue weighted by atomic mass is 19.1. The first kappa shape index (κ1) is 16.7. The lowest BCUT2D eigenvalue weighted by Gasteiger charge is -2.36. The van der Waals surface area contributed by atoms with Crippen LogP contribution in [0.2, 0.25) is 0 Å². The zero-order chi connectivity index (χ0) is 17.3. The van der Waals surface area contributed by atoms with Crippen LogP contribution in [-0.2, 0) is 11.2 Å². The maximum absolute atomic E-state index is 14.2. The molecule has 0 unspecified atom stereocenters. The fraction of sp³-hybridized carbons (Fsp3) is 0.556. The number of likely N-dealkylation sites (tertiary alicyclic amines) is 1. The Balaban J connectivity index is 1.63. The molecule has 3 rings (SSSR count). The highest BCUT2D eigenvalue weighted by Gasteiger charge is 2.34. The summed E-state index contributed by atoms with van der Waals surface area (Å²) in [6.07, 6.45) is -0.519. The highest BCUT2D eigenvalue weighted by Crippen LogP contribution is 2.28. The van der Waals surface area contributed by atoms with Gasteiger partial charge in [0.15, 0.2) is 0 Å². The van der Waals surface area contributed by atoms with Crippen molar-refractivity contribution in [1.29, 1.82) is 0 Å². The molecular weight excluding hydrogens is 309 g/mol. The van der Waals surface area contributed by atoms with Gasteiger partial charge in [-0.15, -0.1) is 0 Å². The number of nitrogens with zero attached hydrogens (tertiary/aromatic N) is 2. The van der Waals surface area contributed by atoms with Crippen LogP contribution in [0.1, 0.15) is 32.8 Å². The van der Waals surface area contributed by atoms with Crippen LogP contribution in [0.5, 0.6) is 0 Å². The van der Waals surface area contributed by atoms with Crippen LogP contribution in [0.3, 0.4) is 0 Å². The second-order valence-corrected chi connectivity index (χ2v) is 7.34. The van der Waals surface area contributed by atoms with Gasteiger partial charge in [0.1, 0.15) is 17.6 Å². The fourth-order valence-electron chi connectivity index (χ4n) is 3.05. The second-order valence-electron chi connectivity index (χ2n) is 7.34. The van der Waals surface area contributed by atoms with Crippen molar-refractivity contribution in [1.82, 2.24) is 10.2 Å². The fourth-order valence-corrected chi connectivity index (χ4v) is 3.05. The molecular formula is C18H24FN3O2. The summed E-state index contributed by atoms with van der Waals surface area (Å²) in [5.74, 6) is 0.944. The molecule has 6 heteroatoms. The number of hydrogen-bond acceptors (Lipinski definition) is 4. The molecule has 1 aromatic carbocycles. The maximum atomic E-state index is 14.2. The number of halogens is 1. The minimum atomic E-state index is -1.07. The van der Waals surface area contributed by atoms with Crippen molar-refractivity contribution >= 4 is 17.6 Å². The van der Waals surface area contributed by atoms with E-state index in [1.54, 1.807) is 20.8 Å². The summed E-state index contributed by atoms with van der Waals surface area (Å²) in [5.41, 5.74) is 1.57. The maximum Gasteiger partial charge on any atom is 0.408 e. The Labute approximate surface area is 141 Å². The first-order valence-electron chi connectivity index (χ1n) is 8.36. The van der Waals surface area contributed by atoms with E-state index >= 15 is 0 Å². The molecule has 0 aliphatic carbocycles. The van der Waals surface area contributed by atoms with Crippen LogP contribution in [0.4, 0.5) is 14.9 Å². The number of ether oxygens (including phenoxy) is 1. The van der Waals surface area contributed by atoms with Crippen molar-refractivity contribution in [2.75, 3.05) is 13.1 Å². The number of amidine groups is 1. The van der Waals surface area contributed by atoms with Crippen molar-refractivity contribution in [2.24, 2.45) is 4.99 Å². The predicted octanol–water partition coefficient (Wildman–Crippen LogP) is 3.21. The van der Waals surface area contributed by atoms with Crippen LogP contribution in [-0.4, -0.2) is 47.7 Å². The number of carbonyl (C=O) groups excluding carboxylic acids is 1. The van der Waals surface area contributed by atoms with Gasteiger partial charge in [0.25, 0.3) is 0 Å². The summed E-state index contributed by atoms with van der Waals surface area (Å²) < 4.78 is 19.5. The van der Waals surface area contributed by atoms with E-state index < -0.39 is 23.9 Å². The third-order valence-corrected chi connectivity index (χ3v) is 4.19. The van der Waals surface area contributed by atoms with Gasteiger partial charge in [0.05, 0.1) is 11.7 Å². The van der Waals surface area contributed by atoms with E-state index in [1.165, 1.54) is 5.56 Å². The van der Waals surface area contributed by atoms with E-state index in [2.05, 4.69) is 21.3 Å². The molecule has 1 saturated heterocycles. The van der Waals surface area contributed by atoms with Crippen molar-refractivity contribution in [3.8, 4) is 0 Å². The van der Waals surface area contributed by atoms with Gasteiger partial charge in [-0.05, 0) is 38.8 Å². The quantitative estimate of drug-likeness (QED) is 0.858. The molecule has 2 atom stereocenters. The van der Waals surface area contributed by atoms with Gasteiger partial charge in [0.2, 0.25) is 0 Å². The number of nitrogens with one attached hydrogen (secondary N) is 1. The van der Waals surface area contributed by atoms with Crippen molar-refractivity contribution < 1.29 is 13.9 Å². The summed E-state index contributed by atoms with van der Waals surface area (Å²) in [6.45, 7) is 6.39. The molecule has 1 N–H and O–H groups in total. The Morgan fingerprint density at radius 1 is 1.38 bits per heavy atom. The third-order valence-electron chi connectivity index (χ3n) is 4.19. The molecule has 0 saturated carbocycles. The smallest absolute Gasteiger partial charge is 0.408 e. The van der Waals surface area contributed by atoms with Crippen LogP contribution < -0.4 is 5.32 Å². The Bertz CT molecular complexity index is 654. The lowest BCUT2D eigenvalue weighted by Crippen LogP contribution is -2.55. The number of benzene rings is 1. The van der Waals surface area contributed by atoms with E-state index in [9.17, 15) is 9.18 Å². The van der Waals surface area contributed by atoms with E-state index in [-0.39, 0.29) is 0 Å². The minimum absolute atomic E-state index is 0.371. The Morgan fingerprint density at radius 2 is 2.12 bits per heavy atom. The number of fused-ring (bicyclic) bond motifs is 1. The lowest BCUT2D eigenvalue weighted by molar-refractivity contribution is 0.0431. The summed E-state index contributed by atoms with van der Waals surface area (Å²) in [4.78, 5) is 18.6. The average Bonchev–Trinajstić information content (AvgIpc) is 2.91. The molecule has 0 radical (unpaired) electrons. The first-order valence-corrected chi connectivity index (χ1v) is 8.36. The third kappa shape index (κ3) is 3.86. The summed E-state index contributed by atoms with van der Waals surface area (Å²) in [5, 5.41) is 2.67. The van der Waals surface area contributed by atoms with Gasteiger partial charge in [-0.25, -0.2) is 14.2 Å². The van der Waals surface area contributed by atoms with E-state index in [4.69, 9.17) is 4.74 Å². The first-order chi connectivity index (χ1) is 11.3. The molecule has 0 spiro atoms. The summed E-state index contributed by atoms with van der Waals surface area (Å²) in [7, 11) is 0. The van der Waals surface area contributed by atoms with Gasteiger partial charge in [-0.2, -0.15) is 0 Å². The highest BCUT2D eigenvalue weighted by molar-refractivity contribution is 5.92. The largest absolute Gasteiger partial charge is 0.444 e. The number of alkyl carbamates (subject to hydrolysis) is 1. The van der Waals surface area contributed by atoms with Gasteiger partial charge >= 0.3 is 6.09 Å². The molecule has 2 heterocycles. The van der Waals surface area contributed by atoms with Crippen molar-refractivity contribution in [3.63, 3.8) is 0 Å². The Morgan fingerprint density at radius 3 is 2.83 bits per heavy atom. The molecule has 1 aromatic rings. The van der Waals surface area contributed by atoms with Crippen LogP contribution >= 0.6 is 0 Å². The molecule has 2 aliphatic heterocycles. The lowest BCUT2D eigenvalue weighted by atomic mass is 10.0. The molecule has 5 nitrogen and oxygen atoms in total. The Hall–Kier alpha value is -2.11. The summed E-state index contributed by atoms with van der Waals surface area (Å²) >= 11 is 0. The van der Waals surface area contributed by atoms with Gasteiger partial charge in [-0.1, -0.05) is 18.2 Å². The average molecular weight is 333 g/mol. The molecule has 0 aromatic heterocycles. The van der Waals surface area contributed by atoms with Crippen LogP contribution in [0.15, 0.2) is 29.3 Å². The number of amides is 1. The Kier molecular flexibility index (Phi) is 4.47. The molecule has 2 aliphatic rings. The van der Waals surface area contributed by atoms with E-state index in [0.717, 1.165) is 17.9 Å². The standard InChI is InChI=1S/C18H24FN3O2/c1-18(2,3)24-17(23)21-15-11-22(9-8-13(15)19)16-10-12-6-4-5-7-14(12)20-16/h4-7,13,15H,8-11H2,1-3H3,(H,21,23)/t13-,15+/m0/s1. The molecule has 1 amide bonds. The zero-order valence-electron chi connectivity index (χ0n) is 14.4. The number of aliphatic imine (C=N–C) groups is 1. The monoisotopic (exact) mass is 333 g/mol. The molecule has 130 valence electrons. The van der Waals surface area contributed by atoms with Crippen LogP contribution in [0.25, 0.3) is 0 Å². The number of hydrogen-bond donors (Lipinski definition) is 1. The van der Waals surface area contributed by atoms with Crippen molar-refractivity contribution in [2.45, 2.75) is 51.4 Å². The number of para-hydroxylation sites is 1.